The number of nitrogens with zero attached hydrogens (tertiary/aromatic N) is 3. The third kappa shape index (κ3) is 5.82. The quantitative estimate of drug-likeness (QED) is 0.182. The molecule has 50 heavy (non-hydrogen) atoms. The van der Waals surface area contributed by atoms with Crippen LogP contribution in [0.15, 0.2) is 188 Å². The van der Waals surface area contributed by atoms with Crippen LogP contribution in [0.4, 0.5) is 0 Å². The van der Waals surface area contributed by atoms with Gasteiger partial charge in [0.15, 0.2) is 5.82 Å². The maximum atomic E-state index is 5.21. The van der Waals surface area contributed by atoms with Crippen molar-refractivity contribution < 1.29 is 0 Å². The van der Waals surface area contributed by atoms with E-state index >= 15 is 0 Å². The number of aromatic nitrogens is 3. The van der Waals surface area contributed by atoms with Gasteiger partial charge in [0.2, 0.25) is 0 Å². The summed E-state index contributed by atoms with van der Waals surface area (Å²) in [5.74, 6) is 0.688. The van der Waals surface area contributed by atoms with Gasteiger partial charge < -0.3 is 0 Å². The number of pyridine rings is 1. The molecule has 0 spiro atoms. The predicted molar refractivity (Wildman–Crippen MR) is 207 cm³/mol. The Bertz CT molecular complexity index is 2500. The van der Waals surface area contributed by atoms with Crippen LogP contribution >= 0.6 is 0 Å². The number of benzene rings is 7. The van der Waals surface area contributed by atoms with Crippen molar-refractivity contribution in [2.45, 2.75) is 0 Å². The Morgan fingerprint density at radius 2 is 0.760 bits per heavy atom. The highest BCUT2D eigenvalue weighted by atomic mass is 14.9. The Labute approximate surface area is 291 Å². The molecule has 9 rings (SSSR count). The Kier molecular flexibility index (Phi) is 7.49. The number of hydrogen-bond acceptors (Lipinski definition) is 3. The Morgan fingerprint density at radius 3 is 1.38 bits per heavy atom. The van der Waals surface area contributed by atoms with Gasteiger partial charge in [-0.25, -0.2) is 9.97 Å². The van der Waals surface area contributed by atoms with Crippen molar-refractivity contribution in [2.24, 2.45) is 0 Å². The lowest BCUT2D eigenvalue weighted by atomic mass is 9.97. The molecule has 0 aliphatic rings. The van der Waals surface area contributed by atoms with Gasteiger partial charge in [0.1, 0.15) is 0 Å². The highest BCUT2D eigenvalue weighted by Gasteiger charge is 2.13. The zero-order valence-corrected chi connectivity index (χ0v) is 27.2. The van der Waals surface area contributed by atoms with E-state index in [-0.39, 0.29) is 0 Å². The maximum absolute atomic E-state index is 5.21. The van der Waals surface area contributed by atoms with Crippen LogP contribution in [0.25, 0.3) is 88.8 Å². The molecule has 0 amide bonds. The molecule has 2 heterocycles. The van der Waals surface area contributed by atoms with Gasteiger partial charge in [0.05, 0.1) is 11.4 Å². The molecule has 7 aromatic carbocycles. The zero-order chi connectivity index (χ0) is 33.3. The molecule has 0 fully saturated rings. The summed E-state index contributed by atoms with van der Waals surface area (Å²) in [6.45, 7) is 0. The van der Waals surface area contributed by atoms with Crippen molar-refractivity contribution in [3.8, 4) is 67.3 Å². The summed E-state index contributed by atoms with van der Waals surface area (Å²) in [4.78, 5) is 14.7. The first-order valence-corrected chi connectivity index (χ1v) is 16.8. The number of rotatable bonds is 6. The van der Waals surface area contributed by atoms with Crippen molar-refractivity contribution in [2.75, 3.05) is 0 Å². The van der Waals surface area contributed by atoms with E-state index in [1.807, 2.05) is 12.3 Å². The zero-order valence-electron chi connectivity index (χ0n) is 27.2. The molecule has 0 saturated heterocycles. The van der Waals surface area contributed by atoms with Crippen LogP contribution in [-0.2, 0) is 0 Å². The lowest BCUT2D eigenvalue weighted by Crippen LogP contribution is -1.96. The molecule has 0 radical (unpaired) electrons. The van der Waals surface area contributed by atoms with Crippen LogP contribution in [0.2, 0.25) is 0 Å². The predicted octanol–water partition coefficient (Wildman–Crippen LogP) is 12.2. The summed E-state index contributed by atoms with van der Waals surface area (Å²) in [6.07, 6.45) is 3.69. The molecule has 2 aromatic heterocycles. The van der Waals surface area contributed by atoms with Gasteiger partial charge in [0, 0.05) is 29.1 Å². The fraction of sp³-hybridized carbons (Fsp3) is 0. The second kappa shape index (κ2) is 12.7. The minimum atomic E-state index is 0.688. The first-order chi connectivity index (χ1) is 24.7. The first kappa shape index (κ1) is 29.4. The van der Waals surface area contributed by atoms with Crippen LogP contribution in [0.5, 0.6) is 0 Å². The van der Waals surface area contributed by atoms with E-state index in [1.165, 1.54) is 27.1 Å². The second-order valence-electron chi connectivity index (χ2n) is 12.6. The van der Waals surface area contributed by atoms with E-state index in [2.05, 4.69) is 175 Å². The number of fused-ring (bicyclic) bond motifs is 2. The summed E-state index contributed by atoms with van der Waals surface area (Å²) in [6, 6.07) is 62.1. The number of hydrogen-bond donors (Lipinski definition) is 0. The first-order valence-electron chi connectivity index (χ1n) is 16.8. The minimum absolute atomic E-state index is 0.688. The highest BCUT2D eigenvalue weighted by molar-refractivity contribution is 5.89. The van der Waals surface area contributed by atoms with Crippen LogP contribution in [0.1, 0.15) is 0 Å². The van der Waals surface area contributed by atoms with Crippen molar-refractivity contribution in [3.63, 3.8) is 0 Å². The lowest BCUT2D eigenvalue weighted by molar-refractivity contribution is 1.18. The van der Waals surface area contributed by atoms with Gasteiger partial charge in [-0.05, 0) is 91.3 Å². The molecule has 3 nitrogen and oxygen atoms in total. The molecule has 0 saturated carbocycles. The van der Waals surface area contributed by atoms with Gasteiger partial charge >= 0.3 is 0 Å². The topological polar surface area (TPSA) is 38.7 Å². The maximum Gasteiger partial charge on any atom is 0.160 e. The van der Waals surface area contributed by atoms with Gasteiger partial charge in [-0.1, -0.05) is 140 Å². The van der Waals surface area contributed by atoms with E-state index in [0.29, 0.717) is 5.82 Å². The normalized spacial score (nSPS) is 11.2. The fourth-order valence-corrected chi connectivity index (χ4v) is 6.67. The Hall–Kier alpha value is -6.71. The van der Waals surface area contributed by atoms with E-state index in [1.54, 1.807) is 6.20 Å². The largest absolute Gasteiger partial charge is 0.264 e. The van der Waals surface area contributed by atoms with Gasteiger partial charge in [-0.15, -0.1) is 0 Å². The van der Waals surface area contributed by atoms with E-state index in [9.17, 15) is 0 Å². The summed E-state index contributed by atoms with van der Waals surface area (Å²) in [7, 11) is 0. The molecule has 234 valence electrons. The molecule has 0 atom stereocenters. The summed E-state index contributed by atoms with van der Waals surface area (Å²) >= 11 is 0. The summed E-state index contributed by atoms with van der Waals surface area (Å²) < 4.78 is 0. The molecular weight excluding hydrogens is 607 g/mol. The molecule has 0 N–H and O–H groups in total. The van der Waals surface area contributed by atoms with E-state index < -0.39 is 0 Å². The summed E-state index contributed by atoms with van der Waals surface area (Å²) in [5, 5.41) is 4.91. The van der Waals surface area contributed by atoms with Gasteiger partial charge in [0.25, 0.3) is 0 Å². The second-order valence-corrected chi connectivity index (χ2v) is 12.6. The highest BCUT2D eigenvalue weighted by Crippen LogP contribution is 2.34. The molecular formula is C47H31N3. The Morgan fingerprint density at radius 1 is 0.280 bits per heavy atom. The van der Waals surface area contributed by atoms with E-state index in [0.717, 1.165) is 55.9 Å². The molecule has 0 aliphatic heterocycles. The van der Waals surface area contributed by atoms with Crippen LogP contribution in [0.3, 0.4) is 0 Å². The fourth-order valence-electron chi connectivity index (χ4n) is 6.67. The molecule has 0 aliphatic carbocycles. The van der Waals surface area contributed by atoms with Crippen LogP contribution in [0, 0.1) is 0 Å². The third-order valence-corrected chi connectivity index (χ3v) is 9.35. The standard InChI is InChI=1S/C47H31N3/c1-3-10-36-26-40(23-19-32(36)8-1)38-12-5-14-42(28-38)46-30-45(35-21-17-34(18-22-35)44-16-7-25-48-31-44)49-47(50-46)43-15-6-13-39(29-43)41-24-20-33-9-2-4-11-37(33)27-41/h1-31H. The molecule has 3 heteroatoms. The SMILES string of the molecule is c1cncc(-c2ccc(-c3cc(-c4cccc(-c5ccc6ccccc6c5)c4)nc(-c4cccc(-c5ccc6ccccc6c5)c4)n3)cc2)c1. The monoisotopic (exact) mass is 637 g/mol. The smallest absolute Gasteiger partial charge is 0.160 e. The van der Waals surface area contributed by atoms with Crippen molar-refractivity contribution in [1.29, 1.82) is 0 Å². The Balaban J connectivity index is 1.15. The van der Waals surface area contributed by atoms with Crippen LogP contribution < -0.4 is 0 Å². The average Bonchev–Trinajstić information content (AvgIpc) is 3.21. The molecule has 0 bridgehead atoms. The summed E-state index contributed by atoms with van der Waals surface area (Å²) in [5.41, 5.74) is 11.6. The minimum Gasteiger partial charge on any atom is -0.264 e. The third-order valence-electron chi connectivity index (χ3n) is 9.35. The van der Waals surface area contributed by atoms with Crippen LogP contribution in [-0.4, -0.2) is 15.0 Å². The lowest BCUT2D eigenvalue weighted by Gasteiger charge is -2.12. The average molecular weight is 638 g/mol. The van der Waals surface area contributed by atoms with Crippen molar-refractivity contribution in [1.82, 2.24) is 15.0 Å². The molecule has 0 unspecified atom stereocenters. The van der Waals surface area contributed by atoms with Crippen molar-refractivity contribution >= 4 is 21.5 Å². The van der Waals surface area contributed by atoms with Gasteiger partial charge in [-0.2, -0.15) is 0 Å². The van der Waals surface area contributed by atoms with E-state index in [4.69, 9.17) is 9.97 Å². The van der Waals surface area contributed by atoms with Crippen molar-refractivity contribution in [3.05, 3.63) is 188 Å². The van der Waals surface area contributed by atoms with Gasteiger partial charge in [-0.3, -0.25) is 4.98 Å². The molecule has 9 aromatic rings.